The maximum absolute atomic E-state index is 12.5. The second kappa shape index (κ2) is 9.20. The third-order valence-corrected chi connectivity index (χ3v) is 5.25. The minimum Gasteiger partial charge on any atom is -0.497 e. The molecular weight excluding hydrogens is 338 g/mol. The van der Waals surface area contributed by atoms with Gasteiger partial charge in [-0.15, -0.1) is 0 Å². The molecule has 0 bridgehead atoms. The van der Waals surface area contributed by atoms with Gasteiger partial charge in [0.1, 0.15) is 11.8 Å². The largest absolute Gasteiger partial charge is 0.497 e. The van der Waals surface area contributed by atoms with Crippen LogP contribution in [0.2, 0.25) is 0 Å². The molecule has 1 saturated heterocycles. The topological polar surface area (TPSA) is 66.6 Å². The summed E-state index contributed by atoms with van der Waals surface area (Å²) in [6.07, 6.45) is 3.74. The second-order valence-electron chi connectivity index (χ2n) is 6.94. The van der Waals surface area contributed by atoms with Crippen molar-refractivity contribution in [2.45, 2.75) is 25.3 Å². The van der Waals surface area contributed by atoms with Crippen molar-refractivity contribution in [2.24, 2.45) is 0 Å². The number of ether oxygens (including phenoxy) is 1. The van der Waals surface area contributed by atoms with Crippen LogP contribution in [-0.2, 0) is 0 Å². The molecule has 5 nitrogen and oxygen atoms in total. The number of rotatable bonds is 6. The Labute approximate surface area is 160 Å². The number of hydrogen-bond acceptors (Lipinski definition) is 3. The first-order valence-corrected chi connectivity index (χ1v) is 9.48. The summed E-state index contributed by atoms with van der Waals surface area (Å²) in [5.74, 6) is 0.738. The summed E-state index contributed by atoms with van der Waals surface area (Å²) < 4.78 is 5.27. The Bertz CT molecular complexity index is 788. The lowest BCUT2D eigenvalue weighted by Crippen LogP contribution is -3.13. The normalized spacial score (nSPS) is 15.6. The van der Waals surface area contributed by atoms with E-state index >= 15 is 0 Å². The smallest absolute Gasteiger partial charge is 0.251 e. The van der Waals surface area contributed by atoms with E-state index in [1.165, 1.54) is 29.7 Å². The van der Waals surface area contributed by atoms with Crippen molar-refractivity contribution in [2.75, 3.05) is 26.7 Å². The lowest BCUT2D eigenvalue weighted by atomic mass is 10.0. The monoisotopic (exact) mass is 364 g/mol. The molecule has 140 valence electrons. The van der Waals surface area contributed by atoms with Crippen LogP contribution in [-0.4, -0.2) is 32.7 Å². The maximum Gasteiger partial charge on any atom is 0.251 e. The number of nitrogens with one attached hydrogen (secondary N) is 2. The molecule has 1 heterocycles. The molecule has 1 aliphatic heterocycles. The minimum absolute atomic E-state index is 0.102. The molecule has 5 heteroatoms. The van der Waals surface area contributed by atoms with E-state index < -0.39 is 0 Å². The highest BCUT2D eigenvalue weighted by molar-refractivity contribution is 5.94. The molecule has 0 unspecified atom stereocenters. The van der Waals surface area contributed by atoms with Crippen molar-refractivity contribution in [3.63, 3.8) is 0 Å². The Balaban J connectivity index is 1.71. The molecule has 1 aliphatic rings. The van der Waals surface area contributed by atoms with Crippen molar-refractivity contribution < 1.29 is 14.4 Å². The Morgan fingerprint density at radius 2 is 1.78 bits per heavy atom. The zero-order valence-electron chi connectivity index (χ0n) is 15.7. The number of nitrogens with zero attached hydrogens (tertiary/aromatic N) is 1. The number of nitriles is 1. The lowest BCUT2D eigenvalue weighted by molar-refractivity contribution is -0.935. The summed E-state index contributed by atoms with van der Waals surface area (Å²) in [4.78, 5) is 14.1. The van der Waals surface area contributed by atoms with E-state index in [2.05, 4.69) is 23.5 Å². The molecule has 1 amide bonds. The third-order valence-electron chi connectivity index (χ3n) is 5.25. The van der Waals surface area contributed by atoms with Crippen LogP contribution in [0, 0.1) is 11.3 Å². The van der Waals surface area contributed by atoms with E-state index in [9.17, 15) is 4.79 Å². The quantitative estimate of drug-likeness (QED) is 0.825. The number of carbonyl (C=O) groups is 1. The second-order valence-corrected chi connectivity index (χ2v) is 6.94. The number of quaternary nitrogens is 1. The summed E-state index contributed by atoms with van der Waals surface area (Å²) >= 11 is 0. The predicted molar refractivity (Wildman–Crippen MR) is 104 cm³/mol. The van der Waals surface area contributed by atoms with Gasteiger partial charge in [-0.1, -0.05) is 0 Å². The van der Waals surface area contributed by atoms with E-state index in [4.69, 9.17) is 10.00 Å². The number of amides is 1. The molecule has 1 atom stereocenters. The van der Waals surface area contributed by atoms with Gasteiger partial charge in [-0.2, -0.15) is 5.26 Å². The van der Waals surface area contributed by atoms with Crippen molar-refractivity contribution in [1.29, 1.82) is 5.26 Å². The molecule has 27 heavy (non-hydrogen) atoms. The Morgan fingerprint density at radius 3 is 2.37 bits per heavy atom. The molecule has 0 aliphatic carbocycles. The zero-order valence-corrected chi connectivity index (χ0v) is 15.7. The first-order valence-electron chi connectivity index (χ1n) is 9.48. The van der Waals surface area contributed by atoms with Gasteiger partial charge >= 0.3 is 0 Å². The van der Waals surface area contributed by atoms with Crippen LogP contribution in [0.1, 0.15) is 46.8 Å². The highest BCUT2D eigenvalue weighted by Gasteiger charge is 2.26. The minimum atomic E-state index is -0.102. The molecular formula is C22H26N3O2+. The van der Waals surface area contributed by atoms with Gasteiger partial charge in [0.2, 0.25) is 0 Å². The fraction of sp³-hybridized carbons (Fsp3) is 0.364. The van der Waals surface area contributed by atoms with Gasteiger partial charge < -0.3 is 15.0 Å². The van der Waals surface area contributed by atoms with Gasteiger partial charge in [-0.25, -0.2) is 0 Å². The third kappa shape index (κ3) is 4.87. The summed E-state index contributed by atoms with van der Waals surface area (Å²) in [7, 11) is 1.67. The van der Waals surface area contributed by atoms with Crippen LogP contribution in [0.3, 0.4) is 0 Å². The maximum atomic E-state index is 12.5. The van der Waals surface area contributed by atoms with E-state index in [-0.39, 0.29) is 11.9 Å². The number of hydrogen-bond donors (Lipinski definition) is 2. The van der Waals surface area contributed by atoms with Crippen LogP contribution in [0.25, 0.3) is 0 Å². The number of benzene rings is 2. The Hall–Kier alpha value is -2.84. The van der Waals surface area contributed by atoms with Gasteiger partial charge in [-0.3, -0.25) is 4.79 Å². The average Bonchev–Trinajstić information content (AvgIpc) is 2.75. The van der Waals surface area contributed by atoms with Crippen LogP contribution >= 0.6 is 0 Å². The number of piperidine rings is 1. The van der Waals surface area contributed by atoms with Crippen LogP contribution in [0.15, 0.2) is 48.5 Å². The van der Waals surface area contributed by atoms with E-state index in [0.717, 1.165) is 18.8 Å². The van der Waals surface area contributed by atoms with E-state index in [1.807, 2.05) is 12.1 Å². The summed E-state index contributed by atoms with van der Waals surface area (Å²) in [5.41, 5.74) is 2.35. The van der Waals surface area contributed by atoms with Crippen molar-refractivity contribution >= 4 is 5.91 Å². The first kappa shape index (κ1) is 18.9. The van der Waals surface area contributed by atoms with E-state index in [0.29, 0.717) is 17.7 Å². The molecule has 0 aromatic heterocycles. The highest BCUT2D eigenvalue weighted by atomic mass is 16.5. The molecule has 3 rings (SSSR count). The number of carbonyl (C=O) groups excluding carboxylic acids is 1. The summed E-state index contributed by atoms with van der Waals surface area (Å²) in [6, 6.07) is 17.2. The molecule has 2 aromatic carbocycles. The fourth-order valence-corrected chi connectivity index (χ4v) is 3.68. The standard InChI is InChI=1S/C22H25N3O2/c1-27-20-11-9-18(10-12-20)21(25-13-3-2-4-14-25)16-24-22(26)19-7-5-17(15-23)6-8-19/h5-12,21H,2-4,13-14,16H2,1H3,(H,24,26)/p+1/t21-/m0/s1. The van der Waals surface area contributed by atoms with Crippen molar-refractivity contribution in [3.05, 3.63) is 65.2 Å². The fourth-order valence-electron chi connectivity index (χ4n) is 3.68. The molecule has 2 aromatic rings. The summed E-state index contributed by atoms with van der Waals surface area (Å²) in [6.45, 7) is 2.84. The van der Waals surface area contributed by atoms with Gasteiger partial charge in [0.05, 0.1) is 38.4 Å². The molecule has 0 spiro atoms. The molecule has 1 fully saturated rings. The van der Waals surface area contributed by atoms with E-state index in [1.54, 1.807) is 31.4 Å². The Morgan fingerprint density at radius 1 is 1.11 bits per heavy atom. The lowest BCUT2D eigenvalue weighted by Gasteiger charge is -2.32. The zero-order chi connectivity index (χ0) is 19.1. The first-order chi connectivity index (χ1) is 13.2. The van der Waals surface area contributed by atoms with Crippen LogP contribution < -0.4 is 15.0 Å². The number of likely N-dealkylation sites (tertiary alicyclic amines) is 1. The van der Waals surface area contributed by atoms with Gasteiger partial charge in [0.25, 0.3) is 5.91 Å². The van der Waals surface area contributed by atoms with Crippen molar-refractivity contribution in [1.82, 2.24) is 5.32 Å². The number of methoxy groups -OCH3 is 1. The predicted octanol–water partition coefficient (Wildman–Crippen LogP) is 2.11. The molecule has 0 radical (unpaired) electrons. The average molecular weight is 364 g/mol. The van der Waals surface area contributed by atoms with Gasteiger partial charge in [-0.05, 0) is 67.8 Å². The van der Waals surface area contributed by atoms with Crippen molar-refractivity contribution in [3.8, 4) is 11.8 Å². The molecule has 2 N–H and O–H groups in total. The van der Waals surface area contributed by atoms with Crippen LogP contribution in [0.5, 0.6) is 5.75 Å². The van der Waals surface area contributed by atoms with Crippen LogP contribution in [0.4, 0.5) is 0 Å². The highest BCUT2D eigenvalue weighted by Crippen LogP contribution is 2.17. The Kier molecular flexibility index (Phi) is 6.45. The molecule has 0 saturated carbocycles. The summed E-state index contributed by atoms with van der Waals surface area (Å²) in [5, 5.41) is 12.0. The SMILES string of the molecule is COc1ccc([C@H](CNC(=O)c2ccc(C#N)cc2)[NH+]2CCCCC2)cc1. The van der Waals surface area contributed by atoms with Gasteiger partial charge in [0.15, 0.2) is 0 Å². The van der Waals surface area contributed by atoms with Gasteiger partial charge in [0, 0.05) is 11.1 Å².